The van der Waals surface area contributed by atoms with Gasteiger partial charge in [0.2, 0.25) is 15.9 Å². The van der Waals surface area contributed by atoms with Crippen molar-refractivity contribution in [2.24, 2.45) is 0 Å². The molecule has 1 aromatic heterocycles. The topological polar surface area (TPSA) is 99.9 Å². The Labute approximate surface area is 183 Å². The lowest BCUT2D eigenvalue weighted by molar-refractivity contribution is -0.119. The van der Waals surface area contributed by atoms with E-state index >= 15 is 0 Å². The van der Waals surface area contributed by atoms with Crippen molar-refractivity contribution in [1.29, 1.82) is 0 Å². The first-order chi connectivity index (χ1) is 14.7. The van der Waals surface area contributed by atoms with Gasteiger partial charge in [0.05, 0.1) is 11.2 Å². The van der Waals surface area contributed by atoms with Crippen molar-refractivity contribution in [1.82, 2.24) is 9.21 Å². The molecule has 31 heavy (non-hydrogen) atoms. The molecule has 9 heteroatoms. The van der Waals surface area contributed by atoms with Crippen LogP contribution in [0.5, 0.6) is 0 Å². The zero-order valence-corrected chi connectivity index (χ0v) is 19.2. The van der Waals surface area contributed by atoms with Crippen molar-refractivity contribution >= 4 is 27.5 Å². The third kappa shape index (κ3) is 4.52. The Morgan fingerprint density at radius 3 is 2.55 bits per heavy atom. The fourth-order valence-corrected chi connectivity index (χ4v) is 5.43. The van der Waals surface area contributed by atoms with Crippen LogP contribution in [-0.4, -0.2) is 55.1 Å². The molecule has 1 N–H and O–H groups in total. The minimum atomic E-state index is -3.67. The predicted octanol–water partition coefficient (Wildman–Crippen LogP) is 3.17. The molecule has 0 radical (unpaired) electrons. The van der Waals surface area contributed by atoms with Crippen LogP contribution in [0.15, 0.2) is 39.8 Å². The lowest BCUT2D eigenvalue weighted by Crippen LogP contribution is -2.43. The molecule has 2 amide bonds. The molecule has 1 fully saturated rings. The van der Waals surface area contributed by atoms with Crippen LogP contribution in [0.1, 0.15) is 48.4 Å². The molecule has 8 nitrogen and oxygen atoms in total. The first-order valence-electron chi connectivity index (χ1n) is 10.5. The number of carbonyl (C=O) groups excluding carboxylic acids is 2. The highest BCUT2D eigenvalue weighted by Crippen LogP contribution is 2.28. The first-order valence-corrected chi connectivity index (χ1v) is 11.9. The standard InChI is InChI=1S/C22H29N3O5S/c1-5-24(6-2)31(28,29)17-13-15(3)16(4)18(14-17)23-21(26)19-9-7-11-25(19)22(27)20-10-8-12-30-20/h8,10,12-14,19H,5-7,9,11H2,1-4H3,(H,23,26)/t19-/m0/s1. The quantitative estimate of drug-likeness (QED) is 0.703. The second-order valence-electron chi connectivity index (χ2n) is 7.63. The van der Waals surface area contributed by atoms with E-state index in [2.05, 4.69) is 5.32 Å². The van der Waals surface area contributed by atoms with Crippen LogP contribution in [0.25, 0.3) is 0 Å². The molecule has 1 aromatic carbocycles. The number of nitrogens with one attached hydrogen (secondary N) is 1. The van der Waals surface area contributed by atoms with Crippen LogP contribution in [-0.2, 0) is 14.8 Å². The van der Waals surface area contributed by atoms with Gasteiger partial charge in [-0.25, -0.2) is 8.42 Å². The maximum absolute atomic E-state index is 13.1. The summed E-state index contributed by atoms with van der Waals surface area (Å²) in [5.41, 5.74) is 1.99. The highest BCUT2D eigenvalue weighted by atomic mass is 32.2. The van der Waals surface area contributed by atoms with Gasteiger partial charge in [-0.3, -0.25) is 9.59 Å². The smallest absolute Gasteiger partial charge is 0.290 e. The number of rotatable bonds is 7. The molecule has 0 aliphatic carbocycles. The van der Waals surface area contributed by atoms with Gasteiger partial charge in [-0.1, -0.05) is 13.8 Å². The van der Waals surface area contributed by atoms with Crippen LogP contribution in [0.4, 0.5) is 5.69 Å². The Kier molecular flexibility index (Phi) is 6.86. The van der Waals surface area contributed by atoms with Crippen LogP contribution in [0.2, 0.25) is 0 Å². The molecule has 0 saturated carbocycles. The largest absolute Gasteiger partial charge is 0.459 e. The Hall–Kier alpha value is -2.65. The number of anilines is 1. The normalized spacial score (nSPS) is 16.7. The number of furan rings is 1. The minimum Gasteiger partial charge on any atom is -0.459 e. The van der Waals surface area contributed by atoms with Gasteiger partial charge in [-0.15, -0.1) is 0 Å². The zero-order chi connectivity index (χ0) is 22.8. The van der Waals surface area contributed by atoms with Crippen LogP contribution in [0, 0.1) is 13.8 Å². The summed E-state index contributed by atoms with van der Waals surface area (Å²) in [6, 6.07) is 5.69. The van der Waals surface area contributed by atoms with Crippen LogP contribution < -0.4 is 5.32 Å². The number of benzene rings is 1. The monoisotopic (exact) mass is 447 g/mol. The van der Waals surface area contributed by atoms with E-state index in [4.69, 9.17) is 4.42 Å². The molecular formula is C22H29N3O5S. The minimum absolute atomic E-state index is 0.143. The summed E-state index contributed by atoms with van der Waals surface area (Å²) in [5.74, 6) is -0.468. The van der Waals surface area contributed by atoms with Crippen molar-refractivity contribution in [3.05, 3.63) is 47.4 Å². The van der Waals surface area contributed by atoms with Gasteiger partial charge in [0, 0.05) is 25.3 Å². The summed E-state index contributed by atoms with van der Waals surface area (Å²) in [4.78, 5) is 27.4. The van der Waals surface area contributed by atoms with Gasteiger partial charge in [-0.2, -0.15) is 4.31 Å². The van der Waals surface area contributed by atoms with Gasteiger partial charge in [0.15, 0.2) is 5.76 Å². The molecule has 3 rings (SSSR count). The number of aryl methyl sites for hydroxylation is 1. The summed E-state index contributed by atoms with van der Waals surface area (Å²) in [6.07, 6.45) is 2.67. The molecule has 0 bridgehead atoms. The van der Waals surface area contributed by atoms with E-state index < -0.39 is 16.1 Å². The lowest BCUT2D eigenvalue weighted by atomic mass is 10.1. The summed E-state index contributed by atoms with van der Waals surface area (Å²) in [5, 5.41) is 2.86. The van der Waals surface area contributed by atoms with Gasteiger partial charge in [0.1, 0.15) is 6.04 Å². The SMILES string of the molecule is CCN(CC)S(=O)(=O)c1cc(C)c(C)c(NC(=O)[C@@H]2CCCN2C(=O)c2ccco2)c1. The predicted molar refractivity (Wildman–Crippen MR) is 117 cm³/mol. The number of hydrogen-bond donors (Lipinski definition) is 1. The van der Waals surface area contributed by atoms with E-state index in [-0.39, 0.29) is 22.5 Å². The summed E-state index contributed by atoms with van der Waals surface area (Å²) in [6.45, 7) is 8.41. The lowest BCUT2D eigenvalue weighted by Gasteiger charge is -2.24. The van der Waals surface area contributed by atoms with Crippen molar-refractivity contribution in [3.63, 3.8) is 0 Å². The van der Waals surface area contributed by atoms with Crippen LogP contribution >= 0.6 is 0 Å². The number of nitrogens with zero attached hydrogens (tertiary/aromatic N) is 2. The van der Waals surface area contributed by atoms with E-state index in [1.807, 2.05) is 13.8 Å². The number of likely N-dealkylation sites (tertiary alicyclic amines) is 1. The maximum atomic E-state index is 13.1. The Morgan fingerprint density at radius 1 is 1.23 bits per heavy atom. The van der Waals surface area contributed by atoms with Gasteiger partial charge < -0.3 is 14.6 Å². The zero-order valence-electron chi connectivity index (χ0n) is 18.3. The van der Waals surface area contributed by atoms with E-state index in [0.717, 1.165) is 11.1 Å². The molecule has 1 atom stereocenters. The van der Waals surface area contributed by atoms with E-state index in [9.17, 15) is 18.0 Å². The van der Waals surface area contributed by atoms with Gasteiger partial charge in [-0.05, 0) is 62.1 Å². The number of hydrogen-bond acceptors (Lipinski definition) is 5. The van der Waals surface area contributed by atoms with Gasteiger partial charge >= 0.3 is 0 Å². The van der Waals surface area contributed by atoms with Crippen molar-refractivity contribution < 1.29 is 22.4 Å². The second kappa shape index (κ2) is 9.23. The summed E-state index contributed by atoms with van der Waals surface area (Å²) in [7, 11) is -3.67. The second-order valence-corrected chi connectivity index (χ2v) is 9.56. The fourth-order valence-electron chi connectivity index (χ4n) is 3.86. The third-order valence-corrected chi connectivity index (χ3v) is 7.82. The Balaban J connectivity index is 1.87. The highest BCUT2D eigenvalue weighted by molar-refractivity contribution is 7.89. The van der Waals surface area contributed by atoms with Crippen LogP contribution in [0.3, 0.4) is 0 Å². The highest BCUT2D eigenvalue weighted by Gasteiger charge is 2.36. The van der Waals surface area contributed by atoms with Gasteiger partial charge in [0.25, 0.3) is 5.91 Å². The van der Waals surface area contributed by atoms with Crippen molar-refractivity contribution in [3.8, 4) is 0 Å². The molecule has 1 aliphatic heterocycles. The Morgan fingerprint density at radius 2 is 1.94 bits per heavy atom. The number of sulfonamides is 1. The average Bonchev–Trinajstić information content (AvgIpc) is 3.43. The molecule has 2 heterocycles. The molecular weight excluding hydrogens is 418 g/mol. The molecule has 0 spiro atoms. The molecule has 2 aromatic rings. The molecule has 168 valence electrons. The summed E-state index contributed by atoms with van der Waals surface area (Å²) < 4.78 is 32.5. The van der Waals surface area contributed by atoms with Crippen molar-refractivity contribution in [2.45, 2.75) is 51.5 Å². The average molecular weight is 448 g/mol. The molecule has 1 aliphatic rings. The molecule has 1 saturated heterocycles. The van der Waals surface area contributed by atoms with E-state index in [0.29, 0.717) is 38.2 Å². The number of carbonyl (C=O) groups is 2. The van der Waals surface area contributed by atoms with E-state index in [1.54, 1.807) is 32.0 Å². The fraction of sp³-hybridized carbons (Fsp3) is 0.455. The molecule has 0 unspecified atom stereocenters. The first kappa shape index (κ1) is 23.0. The van der Waals surface area contributed by atoms with Crippen molar-refractivity contribution in [2.75, 3.05) is 25.0 Å². The maximum Gasteiger partial charge on any atom is 0.290 e. The third-order valence-electron chi connectivity index (χ3n) is 5.79. The Bertz CT molecular complexity index is 1060. The van der Waals surface area contributed by atoms with E-state index in [1.165, 1.54) is 21.5 Å². The number of amides is 2. The summed E-state index contributed by atoms with van der Waals surface area (Å²) >= 11 is 0.